The number of para-hydroxylation sites is 1. The number of furan rings is 2. The van der Waals surface area contributed by atoms with Gasteiger partial charge in [0.25, 0.3) is 5.91 Å². The molecule has 1 N–H and O–H groups in total. The van der Waals surface area contributed by atoms with Crippen molar-refractivity contribution >= 4 is 17.6 Å². The average molecular weight is 366 g/mol. The molecule has 0 radical (unpaired) electrons. The maximum absolute atomic E-state index is 13.1. The van der Waals surface area contributed by atoms with E-state index < -0.39 is 12.1 Å². The average Bonchev–Trinajstić information content (AvgIpc) is 3.33. The summed E-state index contributed by atoms with van der Waals surface area (Å²) in [5, 5.41) is 3.32. The lowest BCUT2D eigenvalue weighted by molar-refractivity contribution is 0.0596. The van der Waals surface area contributed by atoms with Crippen LogP contribution in [-0.2, 0) is 11.3 Å². The van der Waals surface area contributed by atoms with Gasteiger partial charge >= 0.3 is 5.97 Å². The number of carbonyl (C=O) groups is 2. The van der Waals surface area contributed by atoms with Gasteiger partial charge in [0.2, 0.25) is 0 Å². The maximum atomic E-state index is 13.1. The normalized spacial score (nSPS) is 16.0. The number of aryl methyl sites for hydroxylation is 1. The minimum Gasteiger partial charge on any atom is -0.467 e. The Kier molecular flexibility index (Phi) is 4.19. The van der Waals surface area contributed by atoms with Crippen LogP contribution in [0.25, 0.3) is 0 Å². The molecule has 0 fully saturated rings. The summed E-state index contributed by atoms with van der Waals surface area (Å²) in [6.45, 7) is 1.94. The summed E-state index contributed by atoms with van der Waals surface area (Å²) in [6, 6.07) is 12.5. The number of carbonyl (C=O) groups excluding carboxylic acids is 2. The van der Waals surface area contributed by atoms with Crippen molar-refractivity contribution in [3.63, 3.8) is 0 Å². The Morgan fingerprint density at radius 2 is 2.07 bits per heavy atom. The van der Waals surface area contributed by atoms with Gasteiger partial charge in [-0.2, -0.15) is 0 Å². The van der Waals surface area contributed by atoms with Crippen molar-refractivity contribution < 1.29 is 23.2 Å². The fraction of sp³-hybridized carbons (Fsp3) is 0.200. The highest BCUT2D eigenvalue weighted by atomic mass is 16.5. The molecule has 1 aliphatic heterocycles. The van der Waals surface area contributed by atoms with E-state index in [0.717, 1.165) is 0 Å². The fourth-order valence-corrected chi connectivity index (χ4v) is 3.20. The molecule has 0 bridgehead atoms. The lowest BCUT2D eigenvalue weighted by Crippen LogP contribution is -2.42. The summed E-state index contributed by atoms with van der Waals surface area (Å²) in [4.78, 5) is 26.7. The van der Waals surface area contributed by atoms with E-state index >= 15 is 0 Å². The van der Waals surface area contributed by atoms with Crippen LogP contribution >= 0.6 is 0 Å². The van der Waals surface area contributed by atoms with Crippen molar-refractivity contribution in [3.8, 4) is 0 Å². The molecule has 0 spiro atoms. The Morgan fingerprint density at radius 3 is 2.81 bits per heavy atom. The second kappa shape index (κ2) is 6.68. The molecule has 1 aromatic carbocycles. The van der Waals surface area contributed by atoms with Gasteiger partial charge in [-0.15, -0.1) is 0 Å². The van der Waals surface area contributed by atoms with Gasteiger partial charge in [0.05, 0.1) is 25.5 Å². The molecule has 0 saturated carbocycles. The van der Waals surface area contributed by atoms with E-state index in [1.54, 1.807) is 42.4 Å². The Labute approximate surface area is 155 Å². The molecule has 0 aliphatic carbocycles. The van der Waals surface area contributed by atoms with E-state index in [-0.39, 0.29) is 12.5 Å². The molecule has 1 aliphatic rings. The van der Waals surface area contributed by atoms with Crippen molar-refractivity contribution in [2.45, 2.75) is 19.6 Å². The summed E-state index contributed by atoms with van der Waals surface area (Å²) in [6.07, 6.45) is 0.974. The number of rotatable bonds is 4. The van der Waals surface area contributed by atoms with Crippen molar-refractivity contribution in [2.75, 3.05) is 12.4 Å². The molecule has 138 valence electrons. The molecule has 0 unspecified atom stereocenters. The van der Waals surface area contributed by atoms with E-state index in [2.05, 4.69) is 5.32 Å². The molecule has 4 rings (SSSR count). The second-order valence-corrected chi connectivity index (χ2v) is 6.22. The van der Waals surface area contributed by atoms with Gasteiger partial charge in [-0.05, 0) is 37.3 Å². The maximum Gasteiger partial charge on any atom is 0.341 e. The van der Waals surface area contributed by atoms with Gasteiger partial charge in [-0.25, -0.2) is 4.79 Å². The highest BCUT2D eigenvalue weighted by molar-refractivity contribution is 6.01. The van der Waals surface area contributed by atoms with E-state index in [0.29, 0.717) is 34.1 Å². The Balaban J connectivity index is 1.76. The number of nitrogens with zero attached hydrogens (tertiary/aromatic N) is 1. The van der Waals surface area contributed by atoms with Crippen molar-refractivity contribution in [2.24, 2.45) is 0 Å². The third kappa shape index (κ3) is 2.97. The number of fused-ring (bicyclic) bond motifs is 1. The van der Waals surface area contributed by atoms with Gasteiger partial charge in [0.15, 0.2) is 6.17 Å². The topological polar surface area (TPSA) is 84.9 Å². The molecule has 27 heavy (non-hydrogen) atoms. The quantitative estimate of drug-likeness (QED) is 0.708. The molecule has 3 aromatic rings. The number of esters is 1. The zero-order valence-corrected chi connectivity index (χ0v) is 14.9. The Hall–Kier alpha value is -3.48. The van der Waals surface area contributed by atoms with Gasteiger partial charge in [0, 0.05) is 5.69 Å². The number of anilines is 1. The van der Waals surface area contributed by atoms with Crippen LogP contribution in [-0.4, -0.2) is 23.9 Å². The first kappa shape index (κ1) is 17.0. The van der Waals surface area contributed by atoms with Crippen molar-refractivity contribution in [1.82, 2.24) is 4.90 Å². The fourth-order valence-electron chi connectivity index (χ4n) is 3.20. The van der Waals surface area contributed by atoms with Crippen LogP contribution in [0.15, 0.2) is 57.6 Å². The van der Waals surface area contributed by atoms with Gasteiger partial charge in [-0.1, -0.05) is 12.1 Å². The Bertz CT molecular complexity index is 990. The van der Waals surface area contributed by atoms with Gasteiger partial charge in [0.1, 0.15) is 22.8 Å². The number of methoxy groups -OCH3 is 1. The van der Waals surface area contributed by atoms with Crippen LogP contribution in [0.3, 0.4) is 0 Å². The molecule has 7 nitrogen and oxygen atoms in total. The first-order chi connectivity index (χ1) is 13.1. The highest BCUT2D eigenvalue weighted by Gasteiger charge is 2.36. The van der Waals surface area contributed by atoms with Crippen molar-refractivity contribution in [1.29, 1.82) is 0 Å². The Morgan fingerprint density at radius 1 is 1.26 bits per heavy atom. The third-order valence-electron chi connectivity index (χ3n) is 4.54. The molecule has 1 amide bonds. The van der Waals surface area contributed by atoms with E-state index in [4.69, 9.17) is 13.6 Å². The van der Waals surface area contributed by atoms with E-state index in [1.807, 2.05) is 18.2 Å². The van der Waals surface area contributed by atoms with Gasteiger partial charge < -0.3 is 23.8 Å². The minimum atomic E-state index is -0.588. The summed E-state index contributed by atoms with van der Waals surface area (Å²) >= 11 is 0. The molecule has 3 heterocycles. The zero-order valence-electron chi connectivity index (χ0n) is 14.9. The lowest BCUT2D eigenvalue weighted by Gasteiger charge is -2.36. The van der Waals surface area contributed by atoms with E-state index in [1.165, 1.54) is 7.11 Å². The van der Waals surface area contributed by atoms with Gasteiger partial charge in [-0.3, -0.25) is 4.79 Å². The van der Waals surface area contributed by atoms with Crippen LogP contribution in [0, 0.1) is 6.92 Å². The summed E-state index contributed by atoms with van der Waals surface area (Å²) in [5.41, 5.74) is 1.60. The number of ether oxygens (including phenoxy) is 1. The highest BCUT2D eigenvalue weighted by Crippen LogP contribution is 2.35. The summed E-state index contributed by atoms with van der Waals surface area (Å²) in [7, 11) is 1.32. The number of amides is 1. The van der Waals surface area contributed by atoms with Crippen LogP contribution < -0.4 is 5.32 Å². The number of hydrogen-bond donors (Lipinski definition) is 1. The van der Waals surface area contributed by atoms with Crippen LogP contribution in [0.4, 0.5) is 5.69 Å². The van der Waals surface area contributed by atoms with E-state index in [9.17, 15) is 9.59 Å². The summed E-state index contributed by atoms with van der Waals surface area (Å²) < 4.78 is 16.0. The minimum absolute atomic E-state index is 0.153. The largest absolute Gasteiger partial charge is 0.467 e. The third-order valence-corrected chi connectivity index (χ3v) is 4.54. The zero-order chi connectivity index (χ0) is 19.0. The van der Waals surface area contributed by atoms with Crippen LogP contribution in [0.5, 0.6) is 0 Å². The first-order valence-electron chi connectivity index (χ1n) is 8.46. The SMILES string of the molecule is COC(=O)c1cc([C@@H]2Nc3ccccc3C(=O)N2Cc2ccco2)oc1C. The standard InChI is InChI=1S/C20H18N2O5/c1-12-15(20(24)25-2)10-17(27-12)18-21-16-8-4-3-7-14(16)19(23)22(18)11-13-6-5-9-26-13/h3-10,18,21H,11H2,1-2H3/t18-/m1/s1. The molecule has 1 atom stereocenters. The first-order valence-corrected chi connectivity index (χ1v) is 8.46. The number of nitrogens with one attached hydrogen (secondary N) is 1. The van der Waals surface area contributed by atoms with Crippen LogP contribution in [0.2, 0.25) is 0 Å². The monoisotopic (exact) mass is 366 g/mol. The molecule has 7 heteroatoms. The van der Waals surface area contributed by atoms with Crippen LogP contribution in [0.1, 0.15) is 44.2 Å². The predicted molar refractivity (Wildman–Crippen MR) is 96.2 cm³/mol. The molecular formula is C20H18N2O5. The molecule has 2 aromatic heterocycles. The predicted octanol–water partition coefficient (Wildman–Crippen LogP) is 3.73. The smallest absolute Gasteiger partial charge is 0.341 e. The van der Waals surface area contributed by atoms with Crippen molar-refractivity contribution in [3.05, 3.63) is 77.1 Å². The molecular weight excluding hydrogens is 348 g/mol. The number of benzene rings is 1. The molecule has 0 saturated heterocycles. The second-order valence-electron chi connectivity index (χ2n) is 6.22. The number of hydrogen-bond acceptors (Lipinski definition) is 6. The lowest BCUT2D eigenvalue weighted by atomic mass is 10.1. The summed E-state index contributed by atoms with van der Waals surface area (Å²) in [5.74, 6) is 0.887.